The molecule has 0 aromatic heterocycles. The van der Waals surface area contributed by atoms with Crippen molar-refractivity contribution in [2.24, 2.45) is 0 Å². The fourth-order valence-electron chi connectivity index (χ4n) is 2.44. The van der Waals surface area contributed by atoms with Crippen molar-refractivity contribution in [2.45, 2.75) is 36.5 Å². The van der Waals surface area contributed by atoms with Crippen LogP contribution in [0.5, 0.6) is 0 Å². The third kappa shape index (κ3) is 4.49. The first-order valence-corrected chi connectivity index (χ1v) is 9.68. The van der Waals surface area contributed by atoms with Crippen LogP contribution < -0.4 is 5.32 Å². The van der Waals surface area contributed by atoms with Gasteiger partial charge in [0.1, 0.15) is 6.04 Å². The Labute approximate surface area is 152 Å². The predicted molar refractivity (Wildman–Crippen MR) is 97.8 cm³/mol. The lowest BCUT2D eigenvalue weighted by Gasteiger charge is -2.17. The third-order valence-electron chi connectivity index (χ3n) is 3.94. The van der Waals surface area contributed by atoms with Crippen LogP contribution in [0.3, 0.4) is 0 Å². The van der Waals surface area contributed by atoms with E-state index in [9.17, 15) is 23.1 Å². The van der Waals surface area contributed by atoms with Gasteiger partial charge in [0.05, 0.1) is 15.7 Å². The zero-order chi connectivity index (χ0) is 19.3. The molecule has 0 aliphatic heterocycles. The maximum atomic E-state index is 12.6. The summed E-state index contributed by atoms with van der Waals surface area (Å²) in [5, 5.41) is 11.1. The highest BCUT2D eigenvalue weighted by Gasteiger charge is 2.27. The molecule has 0 spiro atoms. The number of aliphatic carboxylic acids is 1. The molecule has 7 heteroatoms. The van der Waals surface area contributed by atoms with E-state index in [2.05, 4.69) is 5.32 Å². The van der Waals surface area contributed by atoms with Crippen molar-refractivity contribution >= 4 is 21.7 Å². The van der Waals surface area contributed by atoms with Gasteiger partial charge in [0.15, 0.2) is 9.84 Å². The highest BCUT2D eigenvalue weighted by Crippen LogP contribution is 2.20. The monoisotopic (exact) mass is 375 g/mol. The number of sulfone groups is 1. The number of carbonyl (C=O) groups is 2. The summed E-state index contributed by atoms with van der Waals surface area (Å²) < 4.78 is 24.9. The Balaban J connectivity index is 2.30. The van der Waals surface area contributed by atoms with Gasteiger partial charge in [0.2, 0.25) is 0 Å². The van der Waals surface area contributed by atoms with Gasteiger partial charge in [-0.15, -0.1) is 0 Å². The number of carbonyl (C=O) groups excluding carboxylic acids is 1. The van der Waals surface area contributed by atoms with Crippen molar-refractivity contribution in [3.63, 3.8) is 0 Å². The molecule has 0 bridgehead atoms. The second kappa shape index (κ2) is 8.14. The van der Waals surface area contributed by atoms with E-state index in [4.69, 9.17) is 0 Å². The molecule has 0 saturated carbocycles. The molecule has 6 nitrogen and oxygen atoms in total. The number of benzene rings is 2. The second-order valence-electron chi connectivity index (χ2n) is 6.14. The summed E-state index contributed by atoms with van der Waals surface area (Å²) >= 11 is 0. The largest absolute Gasteiger partial charge is 0.480 e. The lowest BCUT2D eigenvalue weighted by atomic mass is 10.1. The van der Waals surface area contributed by atoms with E-state index in [0.717, 1.165) is 5.56 Å². The van der Waals surface area contributed by atoms with E-state index in [-0.39, 0.29) is 16.9 Å². The van der Waals surface area contributed by atoms with Gasteiger partial charge < -0.3 is 10.4 Å². The number of rotatable bonds is 7. The highest BCUT2D eigenvalue weighted by atomic mass is 32.2. The van der Waals surface area contributed by atoms with E-state index in [1.807, 2.05) is 6.07 Å². The van der Waals surface area contributed by atoms with Crippen molar-refractivity contribution in [1.82, 2.24) is 5.32 Å². The Morgan fingerprint density at radius 1 is 1.00 bits per heavy atom. The predicted octanol–water partition coefficient (Wildman–Crippen LogP) is 2.29. The lowest BCUT2D eigenvalue weighted by molar-refractivity contribution is -0.139. The van der Waals surface area contributed by atoms with Gasteiger partial charge in [-0.3, -0.25) is 4.79 Å². The first-order valence-electron chi connectivity index (χ1n) is 8.14. The zero-order valence-corrected chi connectivity index (χ0v) is 15.4. The van der Waals surface area contributed by atoms with Crippen LogP contribution in [0.2, 0.25) is 0 Å². The van der Waals surface area contributed by atoms with Crippen LogP contribution in [0.1, 0.15) is 29.8 Å². The van der Waals surface area contributed by atoms with Crippen molar-refractivity contribution < 1.29 is 23.1 Å². The van der Waals surface area contributed by atoms with E-state index in [1.165, 1.54) is 32.0 Å². The van der Waals surface area contributed by atoms with Crippen LogP contribution in [0.15, 0.2) is 59.5 Å². The molecule has 0 heterocycles. The summed E-state index contributed by atoms with van der Waals surface area (Å²) in [5.74, 6) is -1.92. The molecule has 2 N–H and O–H groups in total. The van der Waals surface area contributed by atoms with E-state index >= 15 is 0 Å². The molecule has 0 fully saturated rings. The molecule has 2 aromatic rings. The van der Waals surface area contributed by atoms with Gasteiger partial charge in [-0.05, 0) is 31.5 Å². The Morgan fingerprint density at radius 3 is 2.15 bits per heavy atom. The Kier molecular flexibility index (Phi) is 6.15. The maximum absolute atomic E-state index is 12.6. The third-order valence-corrected chi connectivity index (χ3v) is 6.16. The topological polar surface area (TPSA) is 101 Å². The Bertz CT molecular complexity index is 891. The van der Waals surface area contributed by atoms with Gasteiger partial charge in [0, 0.05) is 6.42 Å². The summed E-state index contributed by atoms with van der Waals surface area (Å²) in [4.78, 5) is 24.0. The molecular formula is C19H21NO5S. The Hall–Kier alpha value is -2.67. The van der Waals surface area contributed by atoms with Crippen LogP contribution in [-0.2, 0) is 21.1 Å². The molecule has 0 aliphatic rings. The fourth-order valence-corrected chi connectivity index (χ4v) is 3.69. The number of hydrogen-bond donors (Lipinski definition) is 2. The van der Waals surface area contributed by atoms with E-state index < -0.39 is 33.0 Å². The van der Waals surface area contributed by atoms with Crippen LogP contribution in [-0.4, -0.2) is 36.7 Å². The van der Waals surface area contributed by atoms with Gasteiger partial charge in [-0.1, -0.05) is 42.5 Å². The zero-order valence-electron chi connectivity index (χ0n) is 14.5. The highest BCUT2D eigenvalue weighted by molar-refractivity contribution is 7.92. The van der Waals surface area contributed by atoms with Crippen molar-refractivity contribution in [3.05, 3.63) is 65.7 Å². The molecule has 0 aliphatic carbocycles. The maximum Gasteiger partial charge on any atom is 0.326 e. The van der Waals surface area contributed by atoms with Crippen LogP contribution in [0.25, 0.3) is 0 Å². The van der Waals surface area contributed by atoms with Crippen molar-refractivity contribution in [1.29, 1.82) is 0 Å². The van der Waals surface area contributed by atoms with Crippen molar-refractivity contribution in [2.75, 3.05) is 0 Å². The first kappa shape index (κ1) is 19.7. The smallest absolute Gasteiger partial charge is 0.326 e. The average molecular weight is 375 g/mol. The minimum Gasteiger partial charge on any atom is -0.480 e. The Morgan fingerprint density at radius 2 is 1.58 bits per heavy atom. The van der Waals surface area contributed by atoms with Gasteiger partial charge in [-0.25, -0.2) is 13.2 Å². The second-order valence-corrected chi connectivity index (χ2v) is 8.62. The van der Waals surface area contributed by atoms with Crippen LogP contribution in [0.4, 0.5) is 0 Å². The molecule has 2 rings (SSSR count). The fraction of sp³-hybridized carbons (Fsp3) is 0.263. The first-order chi connectivity index (χ1) is 12.2. The van der Waals surface area contributed by atoms with Gasteiger partial charge >= 0.3 is 5.97 Å². The minimum absolute atomic E-state index is 0.0551. The number of carboxylic acid groups (broad SMARTS) is 1. The molecule has 26 heavy (non-hydrogen) atoms. The standard InChI is InChI=1S/C19H21NO5S/c1-13(2)26(24,25)17-11-7-6-10-15(17)18(21)20-16(19(22)23)12-14-8-4-3-5-9-14/h3-11,13,16H,12H2,1-2H3,(H,20,21)(H,22,23). The molecule has 1 amide bonds. The van der Waals surface area contributed by atoms with Crippen molar-refractivity contribution in [3.8, 4) is 0 Å². The quantitative estimate of drug-likeness (QED) is 0.773. The van der Waals surface area contributed by atoms with Crippen LogP contribution >= 0.6 is 0 Å². The molecule has 2 aromatic carbocycles. The normalized spacial score (nSPS) is 12.6. The molecule has 138 valence electrons. The number of nitrogens with one attached hydrogen (secondary N) is 1. The molecule has 0 saturated heterocycles. The molecule has 1 unspecified atom stereocenters. The SMILES string of the molecule is CC(C)S(=O)(=O)c1ccccc1C(=O)NC(Cc1ccccc1)C(=O)O. The summed E-state index contributed by atoms with van der Waals surface area (Å²) in [6.07, 6.45) is 0.0982. The molecule has 0 radical (unpaired) electrons. The minimum atomic E-state index is -3.68. The lowest BCUT2D eigenvalue weighted by Crippen LogP contribution is -2.42. The number of carboxylic acids is 1. The van der Waals surface area contributed by atoms with Gasteiger partial charge in [-0.2, -0.15) is 0 Å². The number of hydrogen-bond acceptors (Lipinski definition) is 4. The van der Waals surface area contributed by atoms with E-state index in [1.54, 1.807) is 30.3 Å². The molecular weight excluding hydrogens is 354 g/mol. The summed E-state index contributed by atoms with van der Waals surface area (Å²) in [6, 6.07) is 13.5. The summed E-state index contributed by atoms with van der Waals surface area (Å²) in [7, 11) is -3.68. The summed E-state index contributed by atoms with van der Waals surface area (Å²) in [5.41, 5.74) is 0.698. The number of amides is 1. The van der Waals surface area contributed by atoms with Gasteiger partial charge in [0.25, 0.3) is 5.91 Å². The van der Waals surface area contributed by atoms with E-state index in [0.29, 0.717) is 0 Å². The molecule has 1 atom stereocenters. The summed E-state index contributed by atoms with van der Waals surface area (Å²) in [6.45, 7) is 3.05. The van der Waals surface area contributed by atoms with Crippen LogP contribution in [0, 0.1) is 0 Å². The average Bonchev–Trinajstić information content (AvgIpc) is 2.61.